The van der Waals surface area contributed by atoms with Crippen LogP contribution in [0.5, 0.6) is 0 Å². The Morgan fingerprint density at radius 3 is 1.71 bits per heavy atom. The molecule has 0 amide bonds. The summed E-state index contributed by atoms with van der Waals surface area (Å²) in [4.78, 5) is 0. The normalized spacial score (nSPS) is 15.1. The molecule has 2 nitrogen and oxygen atoms in total. The van der Waals surface area contributed by atoms with Crippen molar-refractivity contribution in [3.05, 3.63) is 49.0 Å². The van der Waals surface area contributed by atoms with Gasteiger partial charge in [0, 0.05) is 12.8 Å². The van der Waals surface area contributed by atoms with Crippen LogP contribution in [-0.2, 0) is 9.47 Å². The second-order valence-electron chi connectivity index (χ2n) is 2.97. The van der Waals surface area contributed by atoms with Crippen molar-refractivity contribution in [2.24, 2.45) is 0 Å². The van der Waals surface area contributed by atoms with Gasteiger partial charge >= 0.3 is 0 Å². The Bertz CT molecular complexity index is 233. The van der Waals surface area contributed by atoms with Crippen LogP contribution in [0.2, 0.25) is 0 Å². The molecule has 0 bridgehead atoms. The van der Waals surface area contributed by atoms with Crippen molar-refractivity contribution < 1.29 is 9.47 Å². The maximum Gasteiger partial charge on any atom is 0.106 e. The van der Waals surface area contributed by atoms with Gasteiger partial charge in [-0.1, -0.05) is 25.3 Å². The maximum atomic E-state index is 5.41. The molecular formula is C12H16O2. The fourth-order valence-corrected chi connectivity index (χ4v) is 1.17. The van der Waals surface area contributed by atoms with E-state index in [1.807, 2.05) is 12.2 Å². The molecule has 0 aromatic carbocycles. The van der Waals surface area contributed by atoms with E-state index in [1.165, 1.54) is 0 Å². The van der Waals surface area contributed by atoms with Crippen molar-refractivity contribution in [1.29, 1.82) is 0 Å². The molecule has 0 radical (unpaired) electrons. The van der Waals surface area contributed by atoms with Crippen molar-refractivity contribution in [3.8, 4) is 0 Å². The first-order chi connectivity index (χ1) is 6.86. The molecule has 1 rings (SSSR count). The summed E-state index contributed by atoms with van der Waals surface area (Å²) in [6.07, 6.45) is 9.19. The first kappa shape index (κ1) is 10.6. The standard InChI is InChI=1S/C12H16O2/c1-3-9-13-11-5-7-12(8-6-11)14-10-4-2/h3-5,7H,1-2,6,8-10H2. The molecule has 0 heterocycles. The Morgan fingerprint density at radius 1 is 1.00 bits per heavy atom. The molecule has 0 spiro atoms. The van der Waals surface area contributed by atoms with E-state index < -0.39 is 0 Å². The lowest BCUT2D eigenvalue weighted by atomic mass is 10.1. The first-order valence-electron chi connectivity index (χ1n) is 4.74. The third-order valence-corrected chi connectivity index (χ3v) is 1.85. The lowest BCUT2D eigenvalue weighted by molar-refractivity contribution is 0.206. The highest BCUT2D eigenvalue weighted by Crippen LogP contribution is 2.19. The Morgan fingerprint density at radius 2 is 1.43 bits per heavy atom. The van der Waals surface area contributed by atoms with E-state index in [1.54, 1.807) is 12.2 Å². The van der Waals surface area contributed by atoms with Crippen LogP contribution in [0.25, 0.3) is 0 Å². The van der Waals surface area contributed by atoms with Gasteiger partial charge < -0.3 is 9.47 Å². The van der Waals surface area contributed by atoms with Gasteiger partial charge in [0.2, 0.25) is 0 Å². The van der Waals surface area contributed by atoms with E-state index in [2.05, 4.69) is 13.2 Å². The van der Waals surface area contributed by atoms with Crippen molar-refractivity contribution >= 4 is 0 Å². The van der Waals surface area contributed by atoms with Crippen LogP contribution in [0.1, 0.15) is 12.8 Å². The molecule has 0 aromatic heterocycles. The first-order valence-corrected chi connectivity index (χ1v) is 4.74. The molecule has 0 saturated carbocycles. The molecule has 1 aliphatic carbocycles. The maximum absolute atomic E-state index is 5.41. The smallest absolute Gasteiger partial charge is 0.106 e. The Kier molecular flexibility index (Phi) is 4.62. The molecule has 2 heteroatoms. The van der Waals surface area contributed by atoms with Gasteiger partial charge in [-0.15, -0.1) is 0 Å². The summed E-state index contributed by atoms with van der Waals surface area (Å²) in [7, 11) is 0. The number of rotatable bonds is 6. The van der Waals surface area contributed by atoms with Gasteiger partial charge in [0.05, 0.1) is 11.5 Å². The van der Waals surface area contributed by atoms with Gasteiger partial charge in [0.1, 0.15) is 13.2 Å². The second kappa shape index (κ2) is 6.08. The average Bonchev–Trinajstić information content (AvgIpc) is 2.25. The van der Waals surface area contributed by atoms with Gasteiger partial charge in [-0.05, 0) is 12.2 Å². The van der Waals surface area contributed by atoms with Crippen LogP contribution >= 0.6 is 0 Å². The Labute approximate surface area is 85.2 Å². The highest BCUT2D eigenvalue weighted by molar-refractivity contribution is 5.17. The highest BCUT2D eigenvalue weighted by atomic mass is 16.5. The van der Waals surface area contributed by atoms with E-state index in [9.17, 15) is 0 Å². The van der Waals surface area contributed by atoms with Crippen LogP contribution in [0.15, 0.2) is 49.0 Å². The number of hydrogen-bond acceptors (Lipinski definition) is 2. The summed E-state index contributed by atoms with van der Waals surface area (Å²) < 4.78 is 10.8. The van der Waals surface area contributed by atoms with E-state index in [0.29, 0.717) is 13.2 Å². The molecule has 1 aliphatic rings. The number of ether oxygens (including phenoxy) is 2. The van der Waals surface area contributed by atoms with Gasteiger partial charge in [-0.25, -0.2) is 0 Å². The van der Waals surface area contributed by atoms with E-state index in [-0.39, 0.29) is 0 Å². The van der Waals surface area contributed by atoms with Crippen molar-refractivity contribution in [2.75, 3.05) is 13.2 Å². The SMILES string of the molecule is C=CCOC1=CC=C(OCC=C)CC1. The summed E-state index contributed by atoms with van der Waals surface area (Å²) in [5, 5.41) is 0. The van der Waals surface area contributed by atoms with Gasteiger partial charge in [-0.3, -0.25) is 0 Å². The monoisotopic (exact) mass is 192 g/mol. The summed E-state index contributed by atoms with van der Waals surface area (Å²) >= 11 is 0. The van der Waals surface area contributed by atoms with Crippen molar-refractivity contribution in [3.63, 3.8) is 0 Å². The molecular weight excluding hydrogens is 176 g/mol. The molecule has 0 fully saturated rings. The molecule has 0 N–H and O–H groups in total. The zero-order chi connectivity index (χ0) is 10.2. The predicted octanol–water partition coefficient (Wildman–Crippen LogP) is 2.95. The molecule has 0 unspecified atom stereocenters. The average molecular weight is 192 g/mol. The third kappa shape index (κ3) is 3.52. The van der Waals surface area contributed by atoms with Gasteiger partial charge in [0.25, 0.3) is 0 Å². The van der Waals surface area contributed by atoms with Crippen LogP contribution in [-0.4, -0.2) is 13.2 Å². The zero-order valence-electron chi connectivity index (χ0n) is 8.37. The van der Waals surface area contributed by atoms with Crippen molar-refractivity contribution in [2.45, 2.75) is 12.8 Å². The highest BCUT2D eigenvalue weighted by Gasteiger charge is 2.06. The minimum Gasteiger partial charge on any atom is -0.494 e. The topological polar surface area (TPSA) is 18.5 Å². The number of hydrogen-bond donors (Lipinski definition) is 0. The second-order valence-corrected chi connectivity index (χ2v) is 2.97. The summed E-state index contributed by atoms with van der Waals surface area (Å²) in [5.74, 6) is 1.99. The van der Waals surface area contributed by atoms with E-state index in [4.69, 9.17) is 9.47 Å². The molecule has 76 valence electrons. The van der Waals surface area contributed by atoms with Gasteiger partial charge in [-0.2, -0.15) is 0 Å². The van der Waals surface area contributed by atoms with E-state index in [0.717, 1.165) is 24.4 Å². The summed E-state index contributed by atoms with van der Waals surface area (Å²) in [6.45, 7) is 8.34. The molecule has 0 saturated heterocycles. The number of allylic oxidation sites excluding steroid dienone is 4. The van der Waals surface area contributed by atoms with Crippen molar-refractivity contribution in [1.82, 2.24) is 0 Å². The molecule has 0 atom stereocenters. The molecule has 0 aromatic rings. The quantitative estimate of drug-likeness (QED) is 0.602. The van der Waals surface area contributed by atoms with Crippen LogP contribution in [0.4, 0.5) is 0 Å². The Hall–Kier alpha value is -1.44. The third-order valence-electron chi connectivity index (χ3n) is 1.85. The summed E-state index contributed by atoms with van der Waals surface area (Å²) in [6, 6.07) is 0. The molecule has 14 heavy (non-hydrogen) atoms. The lowest BCUT2D eigenvalue weighted by Gasteiger charge is -2.15. The van der Waals surface area contributed by atoms with Crippen LogP contribution in [0, 0.1) is 0 Å². The fourth-order valence-electron chi connectivity index (χ4n) is 1.17. The molecule has 0 aliphatic heterocycles. The largest absolute Gasteiger partial charge is 0.494 e. The minimum absolute atomic E-state index is 0.572. The fraction of sp³-hybridized carbons (Fsp3) is 0.333. The Balaban J connectivity index is 2.38. The minimum atomic E-state index is 0.572. The van der Waals surface area contributed by atoms with Gasteiger partial charge in [0.15, 0.2) is 0 Å². The van der Waals surface area contributed by atoms with Crippen LogP contribution < -0.4 is 0 Å². The predicted molar refractivity (Wildman–Crippen MR) is 57.7 cm³/mol. The summed E-state index contributed by atoms with van der Waals surface area (Å²) in [5.41, 5.74) is 0. The van der Waals surface area contributed by atoms with E-state index >= 15 is 0 Å². The zero-order valence-corrected chi connectivity index (χ0v) is 8.37. The lowest BCUT2D eigenvalue weighted by Crippen LogP contribution is -2.01. The van der Waals surface area contributed by atoms with Crippen LogP contribution in [0.3, 0.4) is 0 Å².